The number of anilines is 1. The molecule has 6 heteroatoms. The molecule has 0 aromatic heterocycles. The van der Waals surface area contributed by atoms with Crippen molar-refractivity contribution in [3.8, 4) is 0 Å². The van der Waals surface area contributed by atoms with E-state index in [1.54, 1.807) is 37.3 Å². The van der Waals surface area contributed by atoms with E-state index in [4.69, 9.17) is 4.74 Å². The van der Waals surface area contributed by atoms with Gasteiger partial charge in [0.1, 0.15) is 5.60 Å². The van der Waals surface area contributed by atoms with Crippen molar-refractivity contribution in [2.45, 2.75) is 18.1 Å². The molecule has 5 nitrogen and oxygen atoms in total. The smallest absolute Gasteiger partial charge is 0.241 e. The Morgan fingerprint density at radius 1 is 1.27 bits per heavy atom. The first-order valence-corrected chi connectivity index (χ1v) is 7.86. The Morgan fingerprint density at radius 2 is 2.00 bits per heavy atom. The minimum atomic E-state index is -1.08. The standard InChI is InChI=1S/C16H14BrNO4/c1-15-5-6-16(8-19,22-15)12-11(15)13(20)18(14(12)21)10-4-2-3-9(17)7-10/h2-7,11-12,19H,8H2,1H3/t11-,12+,15+,16+/m1/s1. The van der Waals surface area contributed by atoms with Gasteiger partial charge in [0.25, 0.3) is 0 Å². The van der Waals surface area contributed by atoms with Crippen LogP contribution >= 0.6 is 15.9 Å². The van der Waals surface area contributed by atoms with Gasteiger partial charge in [-0.05, 0) is 25.1 Å². The molecule has 1 aromatic rings. The number of ether oxygens (including phenoxy) is 1. The zero-order chi connectivity index (χ0) is 15.7. The van der Waals surface area contributed by atoms with E-state index in [2.05, 4.69) is 15.9 Å². The van der Waals surface area contributed by atoms with Gasteiger partial charge < -0.3 is 9.84 Å². The van der Waals surface area contributed by atoms with Crippen molar-refractivity contribution in [2.24, 2.45) is 11.8 Å². The Kier molecular flexibility index (Phi) is 2.74. The molecule has 3 aliphatic rings. The molecule has 2 amide bonds. The number of nitrogens with zero attached hydrogens (tertiary/aromatic N) is 1. The third-order valence-corrected chi connectivity index (χ3v) is 5.36. The summed E-state index contributed by atoms with van der Waals surface area (Å²) in [7, 11) is 0. The van der Waals surface area contributed by atoms with Gasteiger partial charge in [-0.2, -0.15) is 0 Å². The Morgan fingerprint density at radius 3 is 2.68 bits per heavy atom. The number of aliphatic hydroxyl groups is 1. The summed E-state index contributed by atoms with van der Waals surface area (Å²) < 4.78 is 6.67. The van der Waals surface area contributed by atoms with Gasteiger partial charge in [-0.1, -0.05) is 34.1 Å². The molecule has 4 rings (SSSR count). The predicted octanol–water partition coefficient (Wildman–Crippen LogP) is 1.64. The van der Waals surface area contributed by atoms with E-state index in [9.17, 15) is 14.7 Å². The average Bonchev–Trinajstić information content (AvgIpc) is 3.05. The number of imide groups is 1. The van der Waals surface area contributed by atoms with E-state index in [0.29, 0.717) is 5.69 Å². The molecule has 0 aliphatic carbocycles. The van der Waals surface area contributed by atoms with Crippen molar-refractivity contribution in [3.05, 3.63) is 40.9 Å². The third-order valence-electron chi connectivity index (χ3n) is 4.87. The molecule has 2 fully saturated rings. The second kappa shape index (κ2) is 4.28. The summed E-state index contributed by atoms with van der Waals surface area (Å²) >= 11 is 3.35. The number of amides is 2. The molecular weight excluding hydrogens is 350 g/mol. The predicted molar refractivity (Wildman–Crippen MR) is 82.1 cm³/mol. The van der Waals surface area contributed by atoms with Crippen LogP contribution in [0.1, 0.15) is 6.92 Å². The monoisotopic (exact) mass is 363 g/mol. The van der Waals surface area contributed by atoms with Crippen LogP contribution in [0.2, 0.25) is 0 Å². The fourth-order valence-corrected chi connectivity index (χ4v) is 4.30. The molecule has 1 N–H and O–H groups in total. The molecule has 0 radical (unpaired) electrons. The molecular formula is C16H14BrNO4. The van der Waals surface area contributed by atoms with Gasteiger partial charge in [-0.15, -0.1) is 0 Å². The fraction of sp³-hybridized carbons (Fsp3) is 0.375. The van der Waals surface area contributed by atoms with Crippen molar-refractivity contribution in [2.75, 3.05) is 11.5 Å². The van der Waals surface area contributed by atoms with Gasteiger partial charge in [0, 0.05) is 4.47 Å². The molecule has 4 atom stereocenters. The van der Waals surface area contributed by atoms with Gasteiger partial charge >= 0.3 is 0 Å². The lowest BCUT2D eigenvalue weighted by Crippen LogP contribution is -2.43. The number of benzene rings is 1. The van der Waals surface area contributed by atoms with Crippen LogP contribution in [0.5, 0.6) is 0 Å². The van der Waals surface area contributed by atoms with Crippen molar-refractivity contribution in [1.29, 1.82) is 0 Å². The summed E-state index contributed by atoms with van der Waals surface area (Å²) in [5.74, 6) is -1.83. The second-order valence-electron chi connectivity index (χ2n) is 6.18. The SMILES string of the molecule is C[C@@]12C=C[C@@](CO)(O1)[C@@H]1C(=O)N(c3cccc(Br)c3)C(=O)[C@@H]12. The fourth-order valence-electron chi connectivity index (χ4n) is 3.91. The first-order chi connectivity index (χ1) is 10.4. The number of hydrogen-bond acceptors (Lipinski definition) is 4. The minimum Gasteiger partial charge on any atom is -0.393 e. The van der Waals surface area contributed by atoms with Gasteiger partial charge in [-0.25, -0.2) is 4.90 Å². The highest BCUT2D eigenvalue weighted by Crippen LogP contribution is 2.57. The Hall–Kier alpha value is -1.50. The van der Waals surface area contributed by atoms with E-state index in [0.717, 1.165) is 4.47 Å². The highest BCUT2D eigenvalue weighted by atomic mass is 79.9. The van der Waals surface area contributed by atoms with Crippen LogP contribution in [0.4, 0.5) is 5.69 Å². The van der Waals surface area contributed by atoms with Crippen molar-refractivity contribution in [1.82, 2.24) is 0 Å². The van der Waals surface area contributed by atoms with Crippen LogP contribution in [0, 0.1) is 11.8 Å². The molecule has 0 unspecified atom stereocenters. The zero-order valence-electron chi connectivity index (χ0n) is 11.8. The van der Waals surface area contributed by atoms with Crippen molar-refractivity contribution >= 4 is 33.4 Å². The molecule has 3 aliphatic heterocycles. The molecule has 0 saturated carbocycles. The van der Waals surface area contributed by atoms with Crippen LogP contribution in [0.3, 0.4) is 0 Å². The third kappa shape index (κ3) is 1.55. The van der Waals surface area contributed by atoms with Crippen molar-refractivity contribution in [3.63, 3.8) is 0 Å². The lowest BCUT2D eigenvalue weighted by molar-refractivity contribution is -0.131. The highest BCUT2D eigenvalue weighted by molar-refractivity contribution is 9.10. The molecule has 2 saturated heterocycles. The van der Waals surface area contributed by atoms with Gasteiger partial charge in [0.15, 0.2) is 0 Å². The Balaban J connectivity index is 1.82. The number of fused-ring (bicyclic) bond motifs is 5. The number of aliphatic hydroxyl groups excluding tert-OH is 1. The topological polar surface area (TPSA) is 66.8 Å². The first kappa shape index (κ1) is 14.1. The van der Waals surface area contributed by atoms with Crippen LogP contribution in [0.15, 0.2) is 40.9 Å². The maximum atomic E-state index is 12.9. The van der Waals surface area contributed by atoms with E-state index in [1.165, 1.54) is 4.90 Å². The number of halogens is 1. The van der Waals surface area contributed by atoms with E-state index in [-0.39, 0.29) is 18.4 Å². The second-order valence-corrected chi connectivity index (χ2v) is 7.10. The number of rotatable bonds is 2. The lowest BCUT2D eigenvalue weighted by Gasteiger charge is -2.27. The average molecular weight is 364 g/mol. The number of carbonyl (C=O) groups is 2. The summed E-state index contributed by atoms with van der Waals surface area (Å²) in [6.07, 6.45) is 3.52. The lowest BCUT2D eigenvalue weighted by atomic mass is 9.73. The van der Waals surface area contributed by atoms with Gasteiger partial charge in [0.2, 0.25) is 11.8 Å². The van der Waals surface area contributed by atoms with Crippen molar-refractivity contribution < 1.29 is 19.4 Å². The van der Waals surface area contributed by atoms with Gasteiger partial charge in [-0.3, -0.25) is 9.59 Å². The molecule has 0 spiro atoms. The summed E-state index contributed by atoms with van der Waals surface area (Å²) in [6, 6.07) is 7.08. The molecule has 2 bridgehead atoms. The van der Waals surface area contributed by atoms with E-state index in [1.807, 2.05) is 6.07 Å². The molecule has 114 valence electrons. The maximum absolute atomic E-state index is 12.9. The zero-order valence-corrected chi connectivity index (χ0v) is 13.4. The Bertz CT molecular complexity index is 733. The highest BCUT2D eigenvalue weighted by Gasteiger charge is 2.72. The molecule has 3 heterocycles. The number of hydrogen-bond donors (Lipinski definition) is 1. The maximum Gasteiger partial charge on any atom is 0.241 e. The van der Waals surface area contributed by atoms with Crippen LogP contribution in [0.25, 0.3) is 0 Å². The normalized spacial score (nSPS) is 39.0. The Labute approximate surface area is 135 Å². The number of carbonyl (C=O) groups excluding carboxylic acids is 2. The largest absolute Gasteiger partial charge is 0.393 e. The van der Waals surface area contributed by atoms with Crippen LogP contribution < -0.4 is 4.90 Å². The van der Waals surface area contributed by atoms with E-state index >= 15 is 0 Å². The van der Waals surface area contributed by atoms with Crippen LogP contribution in [-0.4, -0.2) is 34.7 Å². The summed E-state index contributed by atoms with van der Waals surface area (Å²) in [6.45, 7) is 1.48. The van der Waals surface area contributed by atoms with Crippen LogP contribution in [-0.2, 0) is 14.3 Å². The summed E-state index contributed by atoms with van der Waals surface area (Å²) in [4.78, 5) is 26.9. The molecule has 22 heavy (non-hydrogen) atoms. The first-order valence-electron chi connectivity index (χ1n) is 7.07. The summed E-state index contributed by atoms with van der Waals surface area (Å²) in [5.41, 5.74) is -1.37. The van der Waals surface area contributed by atoms with Gasteiger partial charge in [0.05, 0.1) is 29.7 Å². The quantitative estimate of drug-likeness (QED) is 0.640. The minimum absolute atomic E-state index is 0.268. The van der Waals surface area contributed by atoms with E-state index < -0.39 is 23.0 Å². The molecule has 1 aromatic carbocycles. The summed E-state index contributed by atoms with van der Waals surface area (Å²) in [5, 5.41) is 9.74.